The lowest BCUT2D eigenvalue weighted by Gasteiger charge is -2.25. The van der Waals surface area contributed by atoms with Gasteiger partial charge in [-0.15, -0.1) is 0 Å². The Kier molecular flexibility index (Phi) is 7.89. The number of hydrogen-bond acceptors (Lipinski definition) is 14. The zero-order valence-corrected chi connectivity index (χ0v) is 24.8. The molecule has 17 nitrogen and oxygen atoms in total. The zero-order valence-electron chi connectivity index (χ0n) is 21.3. The Balaban J connectivity index is 1.39. The van der Waals surface area contributed by atoms with Crippen LogP contribution >= 0.6 is 25.8 Å². The van der Waals surface area contributed by atoms with Gasteiger partial charge < -0.3 is 29.0 Å². The van der Waals surface area contributed by atoms with Gasteiger partial charge in [0.1, 0.15) is 43.1 Å². The fourth-order valence-corrected chi connectivity index (χ4v) is 6.95. The molecule has 6 rings (SSSR count). The summed E-state index contributed by atoms with van der Waals surface area (Å²) in [4.78, 5) is 44.9. The van der Waals surface area contributed by atoms with Crippen molar-refractivity contribution < 1.29 is 45.5 Å². The highest BCUT2D eigenvalue weighted by atomic mass is 32.7. The number of alkyl halides is 3. The van der Waals surface area contributed by atoms with Crippen molar-refractivity contribution in [3.05, 3.63) is 35.0 Å². The summed E-state index contributed by atoms with van der Waals surface area (Å²) in [5, 5.41) is 0. The Labute approximate surface area is 247 Å². The topological polar surface area (TPSA) is 217 Å². The fraction of sp³-hybridized carbons (Fsp3) is 0.474. The molecule has 6 heterocycles. The van der Waals surface area contributed by atoms with E-state index in [0.29, 0.717) is 0 Å². The van der Waals surface area contributed by atoms with Crippen LogP contribution in [0, 0.1) is 0 Å². The van der Waals surface area contributed by atoms with Crippen LogP contribution in [0.1, 0.15) is 12.1 Å². The summed E-state index contributed by atoms with van der Waals surface area (Å²) >= 11 is 8.81. The van der Waals surface area contributed by atoms with Gasteiger partial charge in [-0.2, -0.15) is 4.98 Å². The van der Waals surface area contributed by atoms with Crippen LogP contribution in [0.4, 0.5) is 19.1 Å². The minimum absolute atomic E-state index is 0.0198. The van der Waals surface area contributed by atoms with E-state index in [1.54, 1.807) is 0 Å². The molecule has 0 radical (unpaired) electrons. The van der Waals surface area contributed by atoms with Crippen LogP contribution in [0.5, 0.6) is 0 Å². The monoisotopic (exact) mass is 685 g/mol. The lowest BCUT2D eigenvalue weighted by Crippen LogP contribution is -2.33. The quantitative estimate of drug-likeness (QED) is 0.165. The first kappa shape index (κ1) is 30.5. The highest BCUT2D eigenvalue weighted by molar-refractivity contribution is 8.44. The molecule has 0 amide bonds. The lowest BCUT2D eigenvalue weighted by molar-refractivity contribution is -0.0643. The summed E-state index contributed by atoms with van der Waals surface area (Å²) in [5.74, 6) is -4.14. The first-order valence-corrected chi connectivity index (χ1v) is 17.3. The number of nitrogens with two attached hydrogens (primary N) is 1. The molecule has 43 heavy (non-hydrogen) atoms. The molecule has 1 fully saturated rings. The number of aromatic nitrogens is 8. The molecule has 2 aliphatic rings. The minimum atomic E-state index is -4.52. The van der Waals surface area contributed by atoms with Crippen LogP contribution in [0.15, 0.2) is 23.6 Å². The van der Waals surface area contributed by atoms with Gasteiger partial charge in [-0.3, -0.25) is 23.4 Å². The average molecular weight is 686 g/mol. The second-order valence-electron chi connectivity index (χ2n) is 9.34. The third-order valence-electron chi connectivity index (χ3n) is 6.32. The number of rotatable bonds is 1. The van der Waals surface area contributed by atoms with Crippen LogP contribution in [0.2, 0.25) is 0 Å². The van der Waals surface area contributed by atoms with Crippen molar-refractivity contribution in [3.8, 4) is 0 Å². The van der Waals surface area contributed by atoms with E-state index in [2.05, 4.69) is 42.2 Å². The number of H-pyrrole nitrogens is 1. The van der Waals surface area contributed by atoms with E-state index in [9.17, 15) is 14.3 Å². The molecule has 0 saturated carbocycles. The maximum absolute atomic E-state index is 15.9. The molecule has 2 aliphatic heterocycles. The highest BCUT2D eigenvalue weighted by Crippen LogP contribution is 2.58. The van der Waals surface area contributed by atoms with Crippen molar-refractivity contribution in [1.82, 2.24) is 39.0 Å². The molecular weight excluding hydrogens is 665 g/mol. The summed E-state index contributed by atoms with van der Waals surface area (Å²) in [6.45, 7) is -12.9. The van der Waals surface area contributed by atoms with Gasteiger partial charge in [0.2, 0.25) is 5.95 Å². The van der Waals surface area contributed by atoms with Gasteiger partial charge in [0, 0.05) is 0 Å². The first-order chi connectivity index (χ1) is 20.2. The SMILES string of the molecule is Nc1nc2c(ncn2[C@@H]2O[C@@H]3COP(O)(=S)OCC(F)(F)Cn4c(nc5cncnc54)COP(=O)(S)O[C@@H]2[C@H]3F)c(=O)[nH]1. The summed E-state index contributed by atoms with van der Waals surface area (Å²) in [6, 6.07) is 0. The second-order valence-corrected chi connectivity index (χ2v) is 15.0. The van der Waals surface area contributed by atoms with E-state index in [1.807, 2.05) is 0 Å². The highest BCUT2D eigenvalue weighted by Gasteiger charge is 2.51. The normalized spacial score (nSPS) is 32.2. The number of halogens is 3. The van der Waals surface area contributed by atoms with E-state index in [0.717, 1.165) is 21.8 Å². The predicted molar refractivity (Wildman–Crippen MR) is 146 cm³/mol. The zero-order chi connectivity index (χ0) is 30.7. The van der Waals surface area contributed by atoms with Gasteiger partial charge in [0.25, 0.3) is 11.5 Å². The van der Waals surface area contributed by atoms with Gasteiger partial charge in [0.05, 0.1) is 25.7 Å². The Morgan fingerprint density at radius 3 is 2.81 bits per heavy atom. The summed E-state index contributed by atoms with van der Waals surface area (Å²) in [6.07, 6.45) is -3.60. The van der Waals surface area contributed by atoms with Gasteiger partial charge in [-0.25, -0.2) is 37.7 Å². The van der Waals surface area contributed by atoms with Crippen LogP contribution in [0.25, 0.3) is 22.3 Å². The van der Waals surface area contributed by atoms with Crippen LogP contribution in [-0.2, 0) is 52.4 Å². The minimum Gasteiger partial charge on any atom is -0.369 e. The standard InChI is InChI=1S/C19H20F3N9O8P2S2/c20-11-9-2-35-40(33,42)37-5-19(21,22)4-30-10(27-8-1-24-6-25-14(8)30)3-36-41(34,43)39-13(11)17(38-9)31-7-26-12-15(31)28-18(23)29-16(12)32/h1,6-7,9,11,13,17H,2-5H2,(H,33,42)(H,34,43)(H3,23,28,29,32)/t9-,11+,13-,17-,40?,41?/m1/s1. The molecule has 2 bridgehead atoms. The van der Waals surface area contributed by atoms with E-state index in [-0.39, 0.29) is 34.1 Å². The second kappa shape index (κ2) is 11.1. The van der Waals surface area contributed by atoms with E-state index >= 15 is 13.2 Å². The van der Waals surface area contributed by atoms with Crippen molar-refractivity contribution in [2.75, 3.05) is 18.9 Å². The number of nitrogens with one attached hydrogen (secondary N) is 1. The van der Waals surface area contributed by atoms with Crippen LogP contribution in [0.3, 0.4) is 0 Å². The maximum Gasteiger partial charge on any atom is 0.387 e. The molecule has 1 saturated heterocycles. The molecule has 0 aliphatic carbocycles. The van der Waals surface area contributed by atoms with E-state index < -0.39 is 76.0 Å². The van der Waals surface area contributed by atoms with Crippen LogP contribution < -0.4 is 11.3 Å². The van der Waals surface area contributed by atoms with E-state index in [1.165, 1.54) is 6.20 Å². The average Bonchev–Trinajstić information content (AvgIpc) is 3.59. The van der Waals surface area contributed by atoms with Crippen LogP contribution in [-0.4, -0.2) is 81.4 Å². The Morgan fingerprint density at radius 2 is 2.02 bits per heavy atom. The van der Waals surface area contributed by atoms with Crippen molar-refractivity contribution in [1.29, 1.82) is 0 Å². The van der Waals surface area contributed by atoms with Crippen molar-refractivity contribution in [3.63, 3.8) is 0 Å². The van der Waals surface area contributed by atoms with Gasteiger partial charge in [-0.1, -0.05) is 12.2 Å². The van der Waals surface area contributed by atoms with Gasteiger partial charge in [0.15, 0.2) is 29.2 Å². The first-order valence-electron chi connectivity index (χ1n) is 12.0. The smallest absolute Gasteiger partial charge is 0.369 e. The Morgan fingerprint density at radius 1 is 1.23 bits per heavy atom. The molecule has 6 atom stereocenters. The summed E-state index contributed by atoms with van der Waals surface area (Å²) in [7, 11) is 0. The number of ether oxygens (including phenoxy) is 1. The van der Waals surface area contributed by atoms with E-state index in [4.69, 9.17) is 40.4 Å². The fourth-order valence-electron chi connectivity index (χ4n) is 4.48. The maximum atomic E-state index is 15.9. The number of fused-ring (bicyclic) bond motifs is 6. The van der Waals surface area contributed by atoms with Crippen molar-refractivity contribution in [2.24, 2.45) is 0 Å². The van der Waals surface area contributed by atoms with Crippen molar-refractivity contribution in [2.45, 2.75) is 43.7 Å². The molecule has 4 N–H and O–H groups in total. The third kappa shape index (κ3) is 6.21. The predicted octanol–water partition coefficient (Wildman–Crippen LogP) is 1.62. The molecule has 4 aromatic rings. The lowest BCUT2D eigenvalue weighted by atomic mass is 10.1. The molecule has 232 valence electrons. The largest absolute Gasteiger partial charge is 0.387 e. The van der Waals surface area contributed by atoms with Gasteiger partial charge >= 0.3 is 13.5 Å². The number of anilines is 1. The molecule has 0 spiro atoms. The Bertz CT molecular complexity index is 1860. The molecular formula is C19H20F3N9O8P2S2. The summed E-state index contributed by atoms with van der Waals surface area (Å²) in [5.41, 5.74) is 4.71. The number of imidazole rings is 2. The van der Waals surface area contributed by atoms with Crippen molar-refractivity contribution >= 4 is 65.8 Å². The number of hydrogen-bond donors (Lipinski definition) is 4. The number of nitrogens with zero attached hydrogens (tertiary/aromatic N) is 7. The molecule has 2 unspecified atom stereocenters. The summed E-state index contributed by atoms with van der Waals surface area (Å²) < 4.78 is 87.9. The molecule has 0 aromatic carbocycles. The molecule has 4 aromatic heterocycles. The number of nitrogen functional groups attached to an aromatic ring is 1. The number of thiol groups is 1. The third-order valence-corrected chi connectivity index (χ3v) is 9.48. The Hall–Kier alpha value is -2.52. The number of aromatic amines is 1. The van der Waals surface area contributed by atoms with Gasteiger partial charge in [-0.05, 0) is 11.8 Å². The molecule has 24 heteroatoms.